The van der Waals surface area contributed by atoms with Crippen LogP contribution in [-0.2, 0) is 0 Å². The van der Waals surface area contributed by atoms with E-state index in [4.69, 9.17) is 10.8 Å². The molecule has 0 bridgehead atoms. The molecule has 0 aromatic carbocycles. The van der Waals surface area contributed by atoms with E-state index in [1.807, 2.05) is 0 Å². The van der Waals surface area contributed by atoms with Crippen LogP contribution < -0.4 is 5.73 Å². The van der Waals surface area contributed by atoms with E-state index in [-0.39, 0.29) is 0 Å². The number of halogens is 3. The molecule has 1 unspecified atom stereocenters. The van der Waals surface area contributed by atoms with Crippen LogP contribution in [0.5, 0.6) is 0 Å². The van der Waals surface area contributed by atoms with Crippen molar-refractivity contribution in [3.05, 3.63) is 12.2 Å². The Hall–Kier alpha value is -0.550. The Labute approximate surface area is 68.9 Å². The predicted octanol–water partition coefficient (Wildman–Crippen LogP) is 1.20. The molecule has 72 valence electrons. The first-order valence-electron chi connectivity index (χ1n) is 3.29. The molecule has 0 fully saturated rings. The molecule has 5 heteroatoms. The van der Waals surface area contributed by atoms with E-state index in [0.717, 1.165) is 0 Å². The first kappa shape index (κ1) is 11.4. The van der Waals surface area contributed by atoms with Crippen LogP contribution in [0, 0.1) is 0 Å². The van der Waals surface area contributed by atoms with Crippen molar-refractivity contribution in [1.82, 2.24) is 0 Å². The van der Waals surface area contributed by atoms with Crippen molar-refractivity contribution in [2.24, 2.45) is 5.73 Å². The fourth-order valence-corrected chi connectivity index (χ4v) is 0.604. The second-order valence-electron chi connectivity index (χ2n) is 3.25. The summed E-state index contributed by atoms with van der Waals surface area (Å²) in [5, 5.41) is 9.05. The Morgan fingerprint density at radius 3 is 1.83 bits per heavy atom. The summed E-state index contributed by atoms with van der Waals surface area (Å²) in [6.07, 6.45) is -6.35. The summed E-state index contributed by atoms with van der Waals surface area (Å²) in [7, 11) is 0. The molecule has 12 heavy (non-hydrogen) atoms. The van der Waals surface area contributed by atoms with Crippen LogP contribution in [0.25, 0.3) is 0 Å². The standard InChI is InChI=1S/C7H12F3NO/c1-4(7(8,9)10)5(12)6(2,3)11/h5,12H,1,11H2,2-3H3. The van der Waals surface area contributed by atoms with Crippen LogP contribution in [0.15, 0.2) is 12.2 Å². The fourth-order valence-electron chi connectivity index (χ4n) is 0.604. The largest absolute Gasteiger partial charge is 0.414 e. The Morgan fingerprint density at radius 1 is 1.42 bits per heavy atom. The lowest BCUT2D eigenvalue weighted by atomic mass is 9.93. The lowest BCUT2D eigenvalue weighted by Crippen LogP contribution is -2.48. The number of rotatable bonds is 2. The smallest absolute Gasteiger partial charge is 0.387 e. The Bertz CT molecular complexity index is 180. The van der Waals surface area contributed by atoms with Crippen molar-refractivity contribution in [3.63, 3.8) is 0 Å². The number of alkyl halides is 3. The zero-order valence-corrected chi connectivity index (χ0v) is 6.94. The number of nitrogens with two attached hydrogens (primary N) is 1. The molecule has 0 aromatic heterocycles. The van der Waals surface area contributed by atoms with Crippen molar-refractivity contribution >= 4 is 0 Å². The predicted molar refractivity (Wildman–Crippen MR) is 39.5 cm³/mol. The van der Waals surface area contributed by atoms with Crippen LogP contribution in [0.3, 0.4) is 0 Å². The van der Waals surface area contributed by atoms with E-state index >= 15 is 0 Å². The van der Waals surface area contributed by atoms with Gasteiger partial charge in [-0.1, -0.05) is 6.58 Å². The molecule has 0 rings (SSSR count). The van der Waals surface area contributed by atoms with Gasteiger partial charge in [-0.15, -0.1) is 0 Å². The third-order valence-corrected chi connectivity index (χ3v) is 1.40. The molecule has 0 spiro atoms. The van der Waals surface area contributed by atoms with Gasteiger partial charge in [0.15, 0.2) is 0 Å². The molecule has 0 heterocycles. The first-order chi connectivity index (χ1) is 5.07. The molecule has 2 nitrogen and oxygen atoms in total. The third kappa shape index (κ3) is 2.83. The molecule has 0 saturated carbocycles. The maximum absolute atomic E-state index is 11.9. The topological polar surface area (TPSA) is 46.2 Å². The van der Waals surface area contributed by atoms with Gasteiger partial charge in [0.05, 0.1) is 5.57 Å². The lowest BCUT2D eigenvalue weighted by molar-refractivity contribution is -0.109. The highest BCUT2D eigenvalue weighted by atomic mass is 19.4. The van der Waals surface area contributed by atoms with Gasteiger partial charge in [0.2, 0.25) is 0 Å². The quantitative estimate of drug-likeness (QED) is 0.632. The van der Waals surface area contributed by atoms with Crippen molar-refractivity contribution in [2.45, 2.75) is 31.7 Å². The summed E-state index contributed by atoms with van der Waals surface area (Å²) in [6, 6.07) is 0. The van der Waals surface area contributed by atoms with Gasteiger partial charge in [-0.25, -0.2) is 0 Å². The average Bonchev–Trinajstić information content (AvgIpc) is 1.80. The van der Waals surface area contributed by atoms with Gasteiger partial charge in [0, 0.05) is 5.54 Å². The fraction of sp³-hybridized carbons (Fsp3) is 0.714. The first-order valence-corrected chi connectivity index (χ1v) is 3.29. The maximum Gasteiger partial charge on any atom is 0.414 e. The summed E-state index contributed by atoms with van der Waals surface area (Å²) >= 11 is 0. The second kappa shape index (κ2) is 3.06. The van der Waals surface area contributed by atoms with Gasteiger partial charge in [-0.05, 0) is 13.8 Å². The van der Waals surface area contributed by atoms with Gasteiger partial charge >= 0.3 is 6.18 Å². The minimum Gasteiger partial charge on any atom is -0.387 e. The summed E-state index contributed by atoms with van der Waals surface area (Å²) in [6.45, 7) is 5.34. The summed E-state index contributed by atoms with van der Waals surface area (Å²) in [5.41, 5.74) is 2.73. The highest BCUT2D eigenvalue weighted by molar-refractivity contribution is 5.14. The number of hydrogen-bond donors (Lipinski definition) is 2. The van der Waals surface area contributed by atoms with E-state index in [9.17, 15) is 13.2 Å². The Morgan fingerprint density at radius 2 is 1.75 bits per heavy atom. The summed E-state index contributed by atoms with van der Waals surface area (Å²) in [5.74, 6) is 0. The number of aliphatic hydroxyl groups excluding tert-OH is 1. The van der Waals surface area contributed by atoms with Crippen molar-refractivity contribution < 1.29 is 18.3 Å². The minimum absolute atomic E-state index is 1.21. The van der Waals surface area contributed by atoms with Crippen LogP contribution in [0.4, 0.5) is 13.2 Å². The Balaban J connectivity index is 4.53. The summed E-state index contributed by atoms with van der Waals surface area (Å²) in [4.78, 5) is 0. The molecule has 3 N–H and O–H groups in total. The molecule has 0 amide bonds. The molecule has 0 saturated heterocycles. The zero-order chi connectivity index (χ0) is 10.2. The van der Waals surface area contributed by atoms with Crippen LogP contribution >= 0.6 is 0 Å². The van der Waals surface area contributed by atoms with Gasteiger partial charge < -0.3 is 10.8 Å². The second-order valence-corrected chi connectivity index (χ2v) is 3.25. The van der Waals surface area contributed by atoms with Gasteiger partial charge in [0.25, 0.3) is 0 Å². The molecule has 0 aliphatic rings. The van der Waals surface area contributed by atoms with Crippen LogP contribution in [-0.4, -0.2) is 22.9 Å². The average molecular weight is 183 g/mol. The Kier molecular flexibility index (Phi) is 2.92. The maximum atomic E-state index is 11.9. The van der Waals surface area contributed by atoms with Crippen LogP contribution in [0.1, 0.15) is 13.8 Å². The van der Waals surface area contributed by atoms with E-state index in [2.05, 4.69) is 6.58 Å². The van der Waals surface area contributed by atoms with Gasteiger partial charge in [-0.3, -0.25) is 0 Å². The van der Waals surface area contributed by atoms with Crippen molar-refractivity contribution in [1.29, 1.82) is 0 Å². The van der Waals surface area contributed by atoms with Crippen molar-refractivity contribution in [3.8, 4) is 0 Å². The molecule has 1 atom stereocenters. The minimum atomic E-state index is -4.59. The van der Waals surface area contributed by atoms with E-state index in [0.29, 0.717) is 0 Å². The van der Waals surface area contributed by atoms with E-state index in [1.165, 1.54) is 13.8 Å². The van der Waals surface area contributed by atoms with E-state index < -0.39 is 23.4 Å². The molecular formula is C7H12F3NO. The lowest BCUT2D eigenvalue weighted by Gasteiger charge is -2.28. The highest BCUT2D eigenvalue weighted by Gasteiger charge is 2.41. The third-order valence-electron chi connectivity index (χ3n) is 1.40. The monoisotopic (exact) mass is 183 g/mol. The van der Waals surface area contributed by atoms with Gasteiger partial charge in [-0.2, -0.15) is 13.2 Å². The molecule has 0 radical (unpaired) electrons. The molecule has 0 aliphatic heterocycles. The van der Waals surface area contributed by atoms with Crippen LogP contribution in [0.2, 0.25) is 0 Å². The molecule has 0 aliphatic carbocycles. The highest BCUT2D eigenvalue weighted by Crippen LogP contribution is 2.29. The van der Waals surface area contributed by atoms with E-state index in [1.54, 1.807) is 0 Å². The summed E-state index contributed by atoms with van der Waals surface area (Å²) < 4.78 is 35.7. The molecular weight excluding hydrogens is 171 g/mol. The SMILES string of the molecule is C=C(C(O)C(C)(C)N)C(F)(F)F. The van der Waals surface area contributed by atoms with Crippen molar-refractivity contribution in [2.75, 3.05) is 0 Å². The number of hydrogen-bond acceptors (Lipinski definition) is 2. The zero-order valence-electron chi connectivity index (χ0n) is 6.94. The van der Waals surface area contributed by atoms with Gasteiger partial charge in [0.1, 0.15) is 6.10 Å². The molecule has 0 aromatic rings. The normalized spacial score (nSPS) is 15.9. The number of aliphatic hydroxyl groups is 1.